The van der Waals surface area contributed by atoms with Crippen LogP contribution in [-0.2, 0) is 14.3 Å². The molecule has 0 radical (unpaired) electrons. The Hall–Kier alpha value is -3.35. The molecule has 0 saturated heterocycles. The van der Waals surface area contributed by atoms with Gasteiger partial charge in [-0.25, -0.2) is 4.79 Å². The number of benzene rings is 2. The molecule has 0 bridgehead atoms. The average Bonchev–Trinajstić information content (AvgIpc) is 3.08. The van der Waals surface area contributed by atoms with Crippen LogP contribution in [0.5, 0.6) is 0 Å². The van der Waals surface area contributed by atoms with Gasteiger partial charge in [-0.05, 0) is 61.8 Å². The van der Waals surface area contributed by atoms with Gasteiger partial charge in [0.05, 0.1) is 6.42 Å². The standard InChI is InChI=1S/C28H34N2O5/c1-28(2,3)30(16-15-24(31)32)26(33)25(18-9-8-10-18)29-27(34)35-17-23-21-13-6-4-11-19(21)20-12-5-7-14-22(20)23/h4-7,11-14,18,23,25H,8-10,15-17H2,1-3H3,(H,29,34)(H,31,32). The molecule has 35 heavy (non-hydrogen) atoms. The fourth-order valence-corrected chi connectivity index (χ4v) is 5.07. The zero-order valence-corrected chi connectivity index (χ0v) is 20.6. The van der Waals surface area contributed by atoms with Crippen molar-refractivity contribution in [2.75, 3.05) is 13.2 Å². The molecule has 4 rings (SSSR count). The lowest BCUT2D eigenvalue weighted by Crippen LogP contribution is -2.58. The topological polar surface area (TPSA) is 95.9 Å². The number of carbonyl (C=O) groups is 3. The maximum Gasteiger partial charge on any atom is 0.407 e. The molecule has 2 aromatic carbocycles. The van der Waals surface area contributed by atoms with Crippen molar-refractivity contribution in [3.63, 3.8) is 0 Å². The molecule has 1 unspecified atom stereocenters. The van der Waals surface area contributed by atoms with E-state index in [-0.39, 0.29) is 37.3 Å². The minimum Gasteiger partial charge on any atom is -0.481 e. The Bertz CT molecular complexity index is 1060. The van der Waals surface area contributed by atoms with E-state index in [0.29, 0.717) is 0 Å². The van der Waals surface area contributed by atoms with E-state index < -0.39 is 23.6 Å². The number of hydrogen-bond acceptors (Lipinski definition) is 4. The number of hydrogen-bond donors (Lipinski definition) is 2. The van der Waals surface area contributed by atoms with E-state index in [1.165, 1.54) is 0 Å². The number of carboxylic acids is 1. The third-order valence-corrected chi connectivity index (χ3v) is 7.13. The summed E-state index contributed by atoms with van der Waals surface area (Å²) in [4.78, 5) is 39.2. The first-order valence-electron chi connectivity index (χ1n) is 12.3. The van der Waals surface area contributed by atoms with Crippen LogP contribution in [-0.4, -0.2) is 52.7 Å². The van der Waals surface area contributed by atoms with Crippen LogP contribution in [0, 0.1) is 5.92 Å². The Morgan fingerprint density at radius 3 is 2.09 bits per heavy atom. The number of amides is 2. The van der Waals surface area contributed by atoms with Crippen LogP contribution in [0.25, 0.3) is 11.1 Å². The van der Waals surface area contributed by atoms with Gasteiger partial charge in [0, 0.05) is 18.0 Å². The van der Waals surface area contributed by atoms with Crippen LogP contribution in [0.2, 0.25) is 0 Å². The SMILES string of the molecule is CC(C)(C)N(CCC(=O)O)C(=O)C(NC(=O)OCC1c2ccccc2-c2ccccc21)C1CCC1. The van der Waals surface area contributed by atoms with Gasteiger partial charge in [0.15, 0.2) is 0 Å². The summed E-state index contributed by atoms with van der Waals surface area (Å²) < 4.78 is 5.69. The van der Waals surface area contributed by atoms with Gasteiger partial charge in [-0.1, -0.05) is 55.0 Å². The third kappa shape index (κ3) is 5.34. The summed E-state index contributed by atoms with van der Waals surface area (Å²) in [5.74, 6) is -1.25. The second-order valence-corrected chi connectivity index (χ2v) is 10.4. The predicted molar refractivity (Wildman–Crippen MR) is 133 cm³/mol. The number of alkyl carbamates (subject to hydrolysis) is 1. The molecule has 1 saturated carbocycles. The summed E-state index contributed by atoms with van der Waals surface area (Å²) in [5, 5.41) is 12.0. The molecular formula is C28H34N2O5. The number of ether oxygens (including phenoxy) is 1. The first-order valence-corrected chi connectivity index (χ1v) is 12.3. The number of fused-ring (bicyclic) bond motifs is 3. The molecule has 186 valence electrons. The van der Waals surface area contributed by atoms with Crippen molar-refractivity contribution >= 4 is 18.0 Å². The highest BCUT2D eigenvalue weighted by Gasteiger charge is 2.40. The summed E-state index contributed by atoms with van der Waals surface area (Å²) in [6, 6.07) is 15.5. The van der Waals surface area contributed by atoms with Crippen LogP contribution < -0.4 is 5.32 Å². The minimum absolute atomic E-state index is 0.0256. The second-order valence-electron chi connectivity index (χ2n) is 10.4. The maximum atomic E-state index is 13.5. The fraction of sp³-hybridized carbons (Fsp3) is 0.464. The van der Waals surface area contributed by atoms with E-state index in [0.717, 1.165) is 41.5 Å². The van der Waals surface area contributed by atoms with Crippen LogP contribution in [0.4, 0.5) is 4.79 Å². The molecule has 2 amide bonds. The number of nitrogens with zero attached hydrogens (tertiary/aromatic N) is 1. The Morgan fingerprint density at radius 1 is 1.03 bits per heavy atom. The lowest BCUT2D eigenvalue weighted by molar-refractivity contribution is -0.143. The summed E-state index contributed by atoms with van der Waals surface area (Å²) in [7, 11) is 0. The molecule has 2 aliphatic rings. The fourth-order valence-electron chi connectivity index (χ4n) is 5.07. The molecule has 0 aromatic heterocycles. The van der Waals surface area contributed by atoms with Gasteiger partial charge in [0.25, 0.3) is 0 Å². The Morgan fingerprint density at radius 2 is 1.60 bits per heavy atom. The van der Waals surface area contributed by atoms with E-state index in [1.54, 1.807) is 4.90 Å². The van der Waals surface area contributed by atoms with Crippen LogP contribution in [0.1, 0.15) is 63.5 Å². The summed E-state index contributed by atoms with van der Waals surface area (Å²) in [6.45, 7) is 5.88. The molecule has 1 atom stereocenters. The molecule has 0 heterocycles. The molecule has 1 fully saturated rings. The van der Waals surface area contributed by atoms with E-state index >= 15 is 0 Å². The maximum absolute atomic E-state index is 13.5. The van der Waals surface area contributed by atoms with Gasteiger partial charge in [-0.15, -0.1) is 0 Å². The highest BCUT2D eigenvalue weighted by Crippen LogP contribution is 2.44. The Balaban J connectivity index is 1.46. The summed E-state index contributed by atoms with van der Waals surface area (Å²) in [6.07, 6.45) is 1.93. The largest absolute Gasteiger partial charge is 0.481 e. The predicted octanol–water partition coefficient (Wildman–Crippen LogP) is 4.80. The molecule has 2 aromatic rings. The highest BCUT2D eigenvalue weighted by atomic mass is 16.5. The van der Waals surface area contributed by atoms with Gasteiger partial charge >= 0.3 is 12.1 Å². The molecule has 7 heteroatoms. The number of carboxylic acid groups (broad SMARTS) is 1. The zero-order valence-electron chi connectivity index (χ0n) is 20.6. The van der Waals surface area contributed by atoms with Gasteiger partial charge in [0.1, 0.15) is 12.6 Å². The normalized spacial score (nSPS) is 16.0. The second kappa shape index (κ2) is 10.1. The Labute approximate surface area is 206 Å². The zero-order chi connectivity index (χ0) is 25.2. The number of rotatable bonds is 8. The lowest BCUT2D eigenvalue weighted by atomic mass is 9.79. The highest BCUT2D eigenvalue weighted by molar-refractivity contribution is 5.87. The third-order valence-electron chi connectivity index (χ3n) is 7.13. The first kappa shape index (κ1) is 24.8. The van der Waals surface area contributed by atoms with Crippen molar-refractivity contribution in [1.29, 1.82) is 0 Å². The summed E-state index contributed by atoms with van der Waals surface area (Å²) >= 11 is 0. The molecule has 0 aliphatic heterocycles. The van der Waals surface area contributed by atoms with E-state index in [2.05, 4.69) is 29.6 Å². The van der Waals surface area contributed by atoms with Crippen molar-refractivity contribution in [1.82, 2.24) is 10.2 Å². The monoisotopic (exact) mass is 478 g/mol. The van der Waals surface area contributed by atoms with Crippen LogP contribution in [0.15, 0.2) is 48.5 Å². The van der Waals surface area contributed by atoms with Crippen molar-refractivity contribution in [2.24, 2.45) is 5.92 Å². The number of aliphatic carboxylic acids is 1. The number of carbonyl (C=O) groups excluding carboxylic acids is 2. The minimum atomic E-state index is -0.961. The molecule has 2 N–H and O–H groups in total. The molecule has 0 spiro atoms. The van der Waals surface area contributed by atoms with Crippen LogP contribution >= 0.6 is 0 Å². The van der Waals surface area contributed by atoms with E-state index in [1.807, 2.05) is 45.0 Å². The van der Waals surface area contributed by atoms with Crippen molar-refractivity contribution < 1.29 is 24.2 Å². The van der Waals surface area contributed by atoms with E-state index in [4.69, 9.17) is 9.84 Å². The van der Waals surface area contributed by atoms with E-state index in [9.17, 15) is 14.4 Å². The first-order chi connectivity index (χ1) is 16.7. The van der Waals surface area contributed by atoms with Crippen LogP contribution in [0.3, 0.4) is 0 Å². The molecule has 2 aliphatic carbocycles. The molecule has 7 nitrogen and oxygen atoms in total. The average molecular weight is 479 g/mol. The molecular weight excluding hydrogens is 444 g/mol. The quantitative estimate of drug-likeness (QED) is 0.568. The smallest absolute Gasteiger partial charge is 0.407 e. The summed E-state index contributed by atoms with van der Waals surface area (Å²) in [5.41, 5.74) is 3.98. The van der Waals surface area contributed by atoms with Gasteiger partial charge in [0.2, 0.25) is 5.91 Å². The Kier molecular flexibility index (Phi) is 7.15. The lowest BCUT2D eigenvalue weighted by Gasteiger charge is -2.41. The van der Waals surface area contributed by atoms with Crippen molar-refractivity contribution in [3.8, 4) is 11.1 Å². The van der Waals surface area contributed by atoms with Crippen molar-refractivity contribution in [3.05, 3.63) is 59.7 Å². The number of nitrogens with one attached hydrogen (secondary N) is 1. The van der Waals surface area contributed by atoms with Gasteiger partial charge < -0.3 is 20.1 Å². The van der Waals surface area contributed by atoms with Gasteiger partial charge in [-0.3, -0.25) is 9.59 Å². The van der Waals surface area contributed by atoms with Crippen molar-refractivity contribution in [2.45, 2.75) is 64.0 Å². The van der Waals surface area contributed by atoms with Gasteiger partial charge in [-0.2, -0.15) is 0 Å².